The van der Waals surface area contributed by atoms with Gasteiger partial charge in [0.15, 0.2) is 5.69 Å². The summed E-state index contributed by atoms with van der Waals surface area (Å²) in [4.78, 5) is 18.1. The highest BCUT2D eigenvalue weighted by molar-refractivity contribution is 7.09. The summed E-state index contributed by atoms with van der Waals surface area (Å²) in [5.41, 5.74) is 6.20. The molecule has 8 heteroatoms. The summed E-state index contributed by atoms with van der Waals surface area (Å²) in [5.74, 6) is -0.261. The molecule has 1 atom stereocenters. The van der Waals surface area contributed by atoms with Crippen molar-refractivity contribution in [1.82, 2.24) is 9.88 Å². The van der Waals surface area contributed by atoms with Gasteiger partial charge >= 0.3 is 6.18 Å². The maximum atomic E-state index is 12.7. The lowest BCUT2D eigenvalue weighted by molar-refractivity contribution is -0.140. The first kappa shape index (κ1) is 17.9. The molecular weight excluding hydrogens is 351 g/mol. The first-order valence-electron chi connectivity index (χ1n) is 7.99. The second-order valence-electron chi connectivity index (χ2n) is 6.06. The second kappa shape index (κ2) is 7.13. The molecule has 2 aromatic rings. The number of carbonyl (C=O) groups is 1. The Morgan fingerprint density at radius 2 is 2.04 bits per heavy atom. The third-order valence-electron chi connectivity index (χ3n) is 4.31. The van der Waals surface area contributed by atoms with E-state index in [2.05, 4.69) is 4.98 Å². The fourth-order valence-corrected chi connectivity index (χ4v) is 3.89. The maximum absolute atomic E-state index is 12.7. The van der Waals surface area contributed by atoms with E-state index < -0.39 is 11.9 Å². The Morgan fingerprint density at radius 1 is 1.32 bits per heavy atom. The van der Waals surface area contributed by atoms with Crippen LogP contribution in [0, 0.1) is 0 Å². The van der Waals surface area contributed by atoms with Gasteiger partial charge in [0.05, 0.1) is 5.01 Å². The van der Waals surface area contributed by atoms with Crippen LogP contribution in [0.5, 0.6) is 0 Å². The molecule has 1 aliphatic heterocycles. The number of thiazole rings is 1. The molecule has 1 amide bonds. The fraction of sp³-hybridized carbons (Fsp3) is 0.412. The number of nitrogens with zero attached hydrogens (tertiary/aromatic N) is 2. The third-order valence-corrected chi connectivity index (χ3v) is 5.31. The molecule has 25 heavy (non-hydrogen) atoms. The molecule has 134 valence electrons. The van der Waals surface area contributed by atoms with E-state index in [1.807, 2.05) is 12.1 Å². The summed E-state index contributed by atoms with van der Waals surface area (Å²) in [5, 5.41) is 1.49. The Hall–Kier alpha value is -1.93. The molecule has 1 aromatic carbocycles. The van der Waals surface area contributed by atoms with E-state index in [9.17, 15) is 18.0 Å². The van der Waals surface area contributed by atoms with Crippen LogP contribution < -0.4 is 5.73 Å². The summed E-state index contributed by atoms with van der Waals surface area (Å²) < 4.78 is 38.2. The minimum atomic E-state index is -4.43. The minimum Gasteiger partial charge on any atom is -0.338 e. The van der Waals surface area contributed by atoms with Crippen LogP contribution in [0.1, 0.15) is 45.4 Å². The molecule has 1 aromatic heterocycles. The van der Waals surface area contributed by atoms with E-state index in [0.717, 1.165) is 35.1 Å². The van der Waals surface area contributed by atoms with E-state index in [4.69, 9.17) is 5.73 Å². The summed E-state index contributed by atoms with van der Waals surface area (Å²) in [7, 11) is 0. The average molecular weight is 369 g/mol. The van der Waals surface area contributed by atoms with E-state index >= 15 is 0 Å². The van der Waals surface area contributed by atoms with Crippen LogP contribution in [-0.4, -0.2) is 28.9 Å². The zero-order valence-corrected chi connectivity index (χ0v) is 14.2. The van der Waals surface area contributed by atoms with Crippen LogP contribution in [0.3, 0.4) is 0 Å². The highest BCUT2D eigenvalue weighted by atomic mass is 32.1. The van der Waals surface area contributed by atoms with Gasteiger partial charge < -0.3 is 10.6 Å². The predicted molar refractivity (Wildman–Crippen MR) is 89.3 cm³/mol. The Kier molecular flexibility index (Phi) is 5.10. The maximum Gasteiger partial charge on any atom is 0.434 e. The van der Waals surface area contributed by atoms with Crippen molar-refractivity contribution in [3.8, 4) is 0 Å². The number of halogens is 3. The number of hydrogen-bond acceptors (Lipinski definition) is 4. The van der Waals surface area contributed by atoms with Crippen molar-refractivity contribution in [3.05, 3.63) is 51.5 Å². The molecule has 0 spiro atoms. The lowest BCUT2D eigenvalue weighted by Gasteiger charge is -2.32. The van der Waals surface area contributed by atoms with Gasteiger partial charge in [-0.05, 0) is 30.5 Å². The van der Waals surface area contributed by atoms with Crippen LogP contribution in [0.2, 0.25) is 0 Å². The number of likely N-dealkylation sites (tertiary alicyclic amines) is 1. The van der Waals surface area contributed by atoms with E-state index in [-0.39, 0.29) is 11.8 Å². The van der Waals surface area contributed by atoms with Gasteiger partial charge in [-0.2, -0.15) is 13.2 Å². The van der Waals surface area contributed by atoms with Gasteiger partial charge in [-0.15, -0.1) is 11.3 Å². The fourth-order valence-electron chi connectivity index (χ4n) is 2.93. The zero-order chi connectivity index (χ0) is 18.0. The number of rotatable bonds is 3. The van der Waals surface area contributed by atoms with Crippen LogP contribution in [0.4, 0.5) is 13.2 Å². The SMILES string of the molecule is NCc1ccc(C(=O)N2CCCC(c3nc(C(F)(F)F)cs3)C2)cc1. The standard InChI is InChI=1S/C17H18F3N3OS/c18-17(19,20)14-10-25-15(22-14)13-2-1-7-23(9-13)16(24)12-5-3-11(8-21)4-6-12/h3-6,10,13H,1-2,7-9,21H2. The summed E-state index contributed by atoms with van der Waals surface area (Å²) in [6, 6.07) is 7.09. The Labute approximate surface area is 147 Å². The van der Waals surface area contributed by atoms with Gasteiger partial charge in [0.1, 0.15) is 0 Å². The van der Waals surface area contributed by atoms with Crippen LogP contribution in [0.25, 0.3) is 0 Å². The molecule has 1 unspecified atom stereocenters. The van der Waals surface area contributed by atoms with Crippen molar-refractivity contribution in [2.24, 2.45) is 5.73 Å². The number of alkyl halides is 3. The van der Waals surface area contributed by atoms with Gasteiger partial charge in [0.2, 0.25) is 0 Å². The molecule has 0 aliphatic carbocycles. The Morgan fingerprint density at radius 3 is 2.64 bits per heavy atom. The molecule has 1 aliphatic rings. The number of nitrogens with two attached hydrogens (primary N) is 1. The molecule has 1 fully saturated rings. The smallest absolute Gasteiger partial charge is 0.338 e. The summed E-state index contributed by atoms with van der Waals surface area (Å²) >= 11 is 1.01. The van der Waals surface area contributed by atoms with Crippen LogP contribution >= 0.6 is 11.3 Å². The van der Waals surface area contributed by atoms with Crippen molar-refractivity contribution in [3.63, 3.8) is 0 Å². The van der Waals surface area contributed by atoms with Crippen molar-refractivity contribution in [1.29, 1.82) is 0 Å². The Balaban J connectivity index is 1.72. The van der Waals surface area contributed by atoms with Crippen molar-refractivity contribution >= 4 is 17.2 Å². The third kappa shape index (κ3) is 4.01. The predicted octanol–water partition coefficient (Wildman–Crippen LogP) is 3.64. The molecule has 0 saturated carbocycles. The number of carbonyl (C=O) groups excluding carboxylic acids is 1. The normalized spacial score (nSPS) is 18.4. The van der Waals surface area contributed by atoms with E-state index in [1.54, 1.807) is 17.0 Å². The first-order valence-corrected chi connectivity index (χ1v) is 8.87. The molecule has 0 radical (unpaired) electrons. The lowest BCUT2D eigenvalue weighted by atomic mass is 9.98. The number of piperidine rings is 1. The van der Waals surface area contributed by atoms with Crippen molar-refractivity contribution in [2.45, 2.75) is 31.5 Å². The van der Waals surface area contributed by atoms with Gasteiger partial charge in [-0.3, -0.25) is 4.79 Å². The summed E-state index contributed by atoms with van der Waals surface area (Å²) in [6.07, 6.45) is -2.94. The van der Waals surface area contributed by atoms with Crippen LogP contribution in [-0.2, 0) is 12.7 Å². The van der Waals surface area contributed by atoms with Crippen molar-refractivity contribution < 1.29 is 18.0 Å². The largest absolute Gasteiger partial charge is 0.434 e. The molecule has 4 nitrogen and oxygen atoms in total. The van der Waals surface area contributed by atoms with Gasteiger partial charge in [0, 0.05) is 36.5 Å². The topological polar surface area (TPSA) is 59.2 Å². The monoisotopic (exact) mass is 369 g/mol. The lowest BCUT2D eigenvalue weighted by Crippen LogP contribution is -2.39. The quantitative estimate of drug-likeness (QED) is 0.899. The number of benzene rings is 1. The molecule has 1 saturated heterocycles. The minimum absolute atomic E-state index is 0.110. The second-order valence-corrected chi connectivity index (χ2v) is 6.95. The van der Waals surface area contributed by atoms with Gasteiger partial charge in [-0.25, -0.2) is 4.98 Å². The van der Waals surface area contributed by atoms with E-state index in [0.29, 0.717) is 30.2 Å². The molecule has 3 rings (SSSR count). The molecule has 0 bridgehead atoms. The van der Waals surface area contributed by atoms with Crippen molar-refractivity contribution in [2.75, 3.05) is 13.1 Å². The molecule has 2 N–H and O–H groups in total. The highest BCUT2D eigenvalue weighted by Crippen LogP contribution is 2.35. The average Bonchev–Trinajstić information content (AvgIpc) is 3.12. The van der Waals surface area contributed by atoms with Crippen LogP contribution in [0.15, 0.2) is 29.6 Å². The zero-order valence-electron chi connectivity index (χ0n) is 13.4. The number of amides is 1. The first-order chi connectivity index (χ1) is 11.9. The molecular formula is C17H18F3N3OS. The number of aromatic nitrogens is 1. The number of hydrogen-bond donors (Lipinski definition) is 1. The van der Waals surface area contributed by atoms with Gasteiger partial charge in [-0.1, -0.05) is 12.1 Å². The van der Waals surface area contributed by atoms with Gasteiger partial charge in [0.25, 0.3) is 5.91 Å². The molecule has 2 heterocycles. The summed E-state index contributed by atoms with van der Waals surface area (Å²) in [6.45, 7) is 1.40. The van der Waals surface area contributed by atoms with E-state index in [1.165, 1.54) is 0 Å². The Bertz CT molecular complexity index is 742. The highest BCUT2D eigenvalue weighted by Gasteiger charge is 2.35.